The zero-order chi connectivity index (χ0) is 88.3. The summed E-state index contributed by atoms with van der Waals surface area (Å²) in [7, 11) is 0. The van der Waals surface area contributed by atoms with E-state index >= 15 is 0 Å². The topological polar surface area (TPSA) is 48.2 Å². The van der Waals surface area contributed by atoms with E-state index in [0.717, 1.165) is 55.7 Å². The molecule has 2 aromatic heterocycles. The SMILES string of the molecule is CC.CC(C)(C)[O-].CC1(C)c2ccccc2-c2cc3c4c5ccccc5c(Cl)cc4n(-c4ccccc4)c3cc21.CC1(C)c2ccccc2-c2ccc(N(c3ccc(-c4ccccc4)cc3)c3cc4c(c5ccccc35)c3cc5c(cc3n4-c3ccccc3)C(C)(C)c3ccccc3-5)cc21.CC1(C)c2ccccc2-c2ccc(Nc3ccc(-c4ccccc4)cc3)cc21.[Na+]. The van der Waals surface area contributed by atoms with Crippen LogP contribution in [0, 0.1) is 0 Å². The summed E-state index contributed by atoms with van der Waals surface area (Å²) in [5, 5.41) is 24.3. The van der Waals surface area contributed by atoms with Crippen molar-refractivity contribution in [3.63, 3.8) is 0 Å². The summed E-state index contributed by atoms with van der Waals surface area (Å²) in [6, 6.07) is 142. The van der Waals surface area contributed by atoms with Crippen LogP contribution in [0.3, 0.4) is 0 Å². The maximum atomic E-state index is 10.1. The zero-order valence-electron chi connectivity index (χ0n) is 76.1. The number of anilines is 5. The summed E-state index contributed by atoms with van der Waals surface area (Å²) in [5.41, 5.74) is 38.4. The van der Waals surface area contributed by atoms with Gasteiger partial charge in [-0.15, -0.1) is 5.60 Å². The molecule has 0 saturated heterocycles. The molecular formula is C122H104ClN4NaO. The van der Waals surface area contributed by atoms with Gasteiger partial charge >= 0.3 is 29.6 Å². The quantitative estimate of drug-likeness (QED) is 0.147. The molecule has 0 saturated carbocycles. The van der Waals surface area contributed by atoms with Crippen molar-refractivity contribution < 1.29 is 34.7 Å². The van der Waals surface area contributed by atoms with Crippen molar-refractivity contribution in [3.8, 4) is 78.1 Å². The van der Waals surface area contributed by atoms with Crippen molar-refractivity contribution >= 4 is 105 Å². The molecule has 626 valence electrons. The molecule has 1 N–H and O–H groups in total. The smallest absolute Gasteiger partial charge is 0.850 e. The molecule has 7 heteroatoms. The third-order valence-corrected chi connectivity index (χ3v) is 27.4. The molecule has 20 aromatic rings. The Balaban J connectivity index is 0.000000132. The number of hydrogen-bond acceptors (Lipinski definition) is 3. The summed E-state index contributed by atoms with van der Waals surface area (Å²) in [6.07, 6.45) is 0. The Kier molecular flexibility index (Phi) is 22.2. The Morgan fingerprint density at radius 2 is 0.581 bits per heavy atom. The van der Waals surface area contributed by atoms with Crippen molar-refractivity contribution in [1.29, 1.82) is 0 Å². The van der Waals surface area contributed by atoms with Crippen molar-refractivity contribution in [2.75, 3.05) is 10.2 Å². The van der Waals surface area contributed by atoms with Gasteiger partial charge in [-0.2, -0.15) is 0 Å². The largest absolute Gasteiger partial charge is 1.00 e. The van der Waals surface area contributed by atoms with Gasteiger partial charge < -0.3 is 24.5 Å². The second-order valence-corrected chi connectivity index (χ2v) is 37.8. The van der Waals surface area contributed by atoms with Gasteiger partial charge in [-0.3, -0.25) is 0 Å². The minimum Gasteiger partial charge on any atom is -0.850 e. The number of rotatable bonds is 9. The van der Waals surface area contributed by atoms with Crippen LogP contribution in [0.1, 0.15) is 135 Å². The zero-order valence-corrected chi connectivity index (χ0v) is 78.8. The molecule has 5 nitrogen and oxygen atoms in total. The van der Waals surface area contributed by atoms with Crippen LogP contribution in [0.15, 0.2) is 388 Å². The van der Waals surface area contributed by atoms with Crippen LogP contribution in [0.5, 0.6) is 0 Å². The first-order valence-corrected chi connectivity index (χ1v) is 45.5. The van der Waals surface area contributed by atoms with Gasteiger partial charge in [0.05, 0.1) is 32.8 Å². The van der Waals surface area contributed by atoms with Gasteiger partial charge in [0.15, 0.2) is 0 Å². The number of fused-ring (bicyclic) bond motifs is 22. The minimum atomic E-state index is -0.750. The molecule has 0 aliphatic heterocycles. The van der Waals surface area contributed by atoms with Gasteiger partial charge in [0.2, 0.25) is 0 Å². The van der Waals surface area contributed by atoms with Gasteiger partial charge in [-0.1, -0.05) is 381 Å². The molecule has 18 aromatic carbocycles. The van der Waals surface area contributed by atoms with E-state index in [2.05, 4.69) is 457 Å². The predicted octanol–water partition coefficient (Wildman–Crippen LogP) is 30.2. The van der Waals surface area contributed by atoms with E-state index < -0.39 is 5.60 Å². The molecule has 0 radical (unpaired) electrons. The van der Waals surface area contributed by atoms with E-state index in [9.17, 15) is 5.11 Å². The molecule has 4 aliphatic rings. The first kappa shape index (κ1) is 85.4. The van der Waals surface area contributed by atoms with Crippen LogP contribution in [0.2, 0.25) is 5.02 Å². The average Bonchev–Trinajstić information content (AvgIpc) is 1.52. The van der Waals surface area contributed by atoms with Crippen LogP contribution in [-0.4, -0.2) is 14.7 Å². The van der Waals surface area contributed by atoms with Gasteiger partial charge in [-0.25, -0.2) is 0 Å². The molecule has 24 rings (SSSR count). The van der Waals surface area contributed by atoms with Crippen LogP contribution >= 0.6 is 11.6 Å². The second-order valence-electron chi connectivity index (χ2n) is 37.4. The Hall–Kier alpha value is -13.1. The van der Waals surface area contributed by atoms with Crippen LogP contribution < -0.4 is 44.9 Å². The van der Waals surface area contributed by atoms with E-state index in [1.165, 1.54) is 166 Å². The van der Waals surface area contributed by atoms with Crippen molar-refractivity contribution in [2.45, 2.75) is 117 Å². The third kappa shape index (κ3) is 14.8. The van der Waals surface area contributed by atoms with Gasteiger partial charge in [0.1, 0.15) is 0 Å². The van der Waals surface area contributed by atoms with E-state index in [1.807, 2.05) is 19.9 Å². The van der Waals surface area contributed by atoms with Gasteiger partial charge in [0.25, 0.3) is 0 Å². The Labute approximate surface area is 785 Å². The maximum absolute atomic E-state index is 10.1. The number of halogens is 1. The fourth-order valence-corrected chi connectivity index (χ4v) is 21.3. The van der Waals surface area contributed by atoms with Gasteiger partial charge in [-0.05, 0) is 231 Å². The van der Waals surface area contributed by atoms with Crippen molar-refractivity contribution in [1.82, 2.24) is 9.13 Å². The maximum Gasteiger partial charge on any atom is 1.00 e. The number of para-hydroxylation sites is 2. The average molecular weight is 1700 g/mol. The second kappa shape index (κ2) is 33.5. The fourth-order valence-electron chi connectivity index (χ4n) is 21.0. The molecule has 2 heterocycles. The molecule has 0 atom stereocenters. The van der Waals surface area contributed by atoms with E-state index in [4.69, 9.17) is 11.6 Å². The van der Waals surface area contributed by atoms with Crippen LogP contribution in [0.4, 0.5) is 28.4 Å². The molecule has 0 spiro atoms. The molecule has 0 amide bonds. The summed E-state index contributed by atoms with van der Waals surface area (Å²) in [5.74, 6) is 0. The Morgan fingerprint density at radius 3 is 1.02 bits per heavy atom. The molecule has 0 fully saturated rings. The predicted molar refractivity (Wildman–Crippen MR) is 545 cm³/mol. The summed E-state index contributed by atoms with van der Waals surface area (Å²) in [6.45, 7) is 27.7. The Bertz CT molecular complexity index is 7700. The first-order valence-electron chi connectivity index (χ1n) is 45.1. The number of nitrogens with one attached hydrogen (secondary N) is 1. The number of benzene rings is 18. The summed E-state index contributed by atoms with van der Waals surface area (Å²) < 4.78 is 4.89. The van der Waals surface area contributed by atoms with E-state index in [1.54, 1.807) is 20.8 Å². The number of aromatic nitrogens is 2. The Morgan fingerprint density at radius 1 is 0.271 bits per heavy atom. The first-order chi connectivity index (χ1) is 62.0. The van der Waals surface area contributed by atoms with Crippen LogP contribution in [-0.2, 0) is 21.7 Å². The van der Waals surface area contributed by atoms with E-state index in [0.29, 0.717) is 0 Å². The number of hydrogen-bond donors (Lipinski definition) is 1. The third-order valence-electron chi connectivity index (χ3n) is 27.1. The molecule has 0 bridgehead atoms. The van der Waals surface area contributed by atoms with Crippen molar-refractivity contribution in [3.05, 3.63) is 438 Å². The summed E-state index contributed by atoms with van der Waals surface area (Å²) in [4.78, 5) is 2.50. The van der Waals surface area contributed by atoms with Crippen LogP contribution in [0.25, 0.3) is 143 Å². The minimum absolute atomic E-state index is 0. The molecule has 4 aliphatic carbocycles. The fraction of sp³-hybridized carbons (Fsp3) is 0.148. The molecule has 0 unspecified atom stereocenters. The number of nitrogens with zero attached hydrogens (tertiary/aromatic N) is 3. The summed E-state index contributed by atoms with van der Waals surface area (Å²) >= 11 is 6.82. The van der Waals surface area contributed by atoms with Gasteiger partial charge in [0, 0.05) is 88.1 Å². The van der Waals surface area contributed by atoms with Crippen molar-refractivity contribution in [2.24, 2.45) is 0 Å². The normalized spacial score (nSPS) is 13.7. The molecular weight excluding hydrogens is 1600 g/mol. The van der Waals surface area contributed by atoms with E-state index in [-0.39, 0.29) is 51.2 Å². The standard InChI is InChI=1S/C58H44N2.C31H22ClN.C27H23N.C4H9O.C2H6.Na/c1-57(2)49-25-15-13-21-42(49)44-32-31-41(33-51(44)57)59(40-29-27-38(28-30-40)37-17-7-5-8-18-37)54-36-55-56(46-24-12-11-23-45(46)54)48-34-47-43-22-14-16-26-50(43)58(3,4)52(47)35-53(48)60(55)39-19-9-6-10-20-39;1-31(2)25-15-9-8-12-20(25)23-16-24-28(17-26(23)31)33(19-10-4-3-5-11-19)29-18-27(32)21-13-6-7-14-22(21)30(24)29;1-27(2)25-11-7-6-10-23(25)24-17-16-22(18-26(24)27)28-21-14-12-20(13-15-21)19-8-4-3-5-9-19;1-4(2,3)5;1-2;/h5-36H,1-4H3;3-18H,1-2H3;3-18,28H,1-2H3;1-3H3;1-2H3;/q;;;-1;;+1. The monoisotopic (exact) mass is 1700 g/mol. The molecule has 129 heavy (non-hydrogen) atoms.